The first-order valence-corrected chi connectivity index (χ1v) is 6.62. The number of rotatable bonds is 6. The minimum absolute atomic E-state index is 0.442. The van der Waals surface area contributed by atoms with Gasteiger partial charge in [0.25, 0.3) is 0 Å². The number of methoxy groups -OCH3 is 1. The van der Waals surface area contributed by atoms with Crippen LogP contribution in [0, 0.1) is 0 Å². The summed E-state index contributed by atoms with van der Waals surface area (Å²) < 4.78 is 10.7. The average Bonchev–Trinajstić information content (AvgIpc) is 2.49. The van der Waals surface area contributed by atoms with Crippen molar-refractivity contribution in [2.24, 2.45) is 0 Å². The van der Waals surface area contributed by atoms with E-state index >= 15 is 0 Å². The Balaban J connectivity index is 1.97. The summed E-state index contributed by atoms with van der Waals surface area (Å²) >= 11 is 6.03. The smallest absolute Gasteiger partial charge is 0.153 e. The van der Waals surface area contributed by atoms with Crippen molar-refractivity contribution in [3.63, 3.8) is 0 Å². The van der Waals surface area contributed by atoms with E-state index in [-0.39, 0.29) is 0 Å². The summed E-state index contributed by atoms with van der Waals surface area (Å²) in [5, 5.41) is 0.448. The maximum atomic E-state index is 10.9. The van der Waals surface area contributed by atoms with Crippen molar-refractivity contribution in [3.05, 3.63) is 58.6 Å². The molecule has 0 radical (unpaired) electrons. The molecule has 0 fully saturated rings. The molecule has 0 atom stereocenters. The Morgan fingerprint density at radius 2 is 1.90 bits per heavy atom. The summed E-state index contributed by atoms with van der Waals surface area (Å²) in [4.78, 5) is 10.9. The van der Waals surface area contributed by atoms with Gasteiger partial charge in [0.05, 0.1) is 24.3 Å². The second-order valence-electron chi connectivity index (χ2n) is 4.22. The number of carbonyl (C=O) groups excluding carboxylic acids is 1. The van der Waals surface area contributed by atoms with Crippen molar-refractivity contribution < 1.29 is 14.3 Å². The van der Waals surface area contributed by atoms with E-state index in [1.165, 1.54) is 0 Å². The number of ether oxygens (including phenoxy) is 2. The van der Waals surface area contributed by atoms with Gasteiger partial charge in [-0.2, -0.15) is 0 Å². The van der Waals surface area contributed by atoms with Gasteiger partial charge in [-0.05, 0) is 29.8 Å². The monoisotopic (exact) mass is 290 g/mol. The van der Waals surface area contributed by atoms with Crippen LogP contribution in [0.2, 0.25) is 5.02 Å². The Morgan fingerprint density at radius 1 is 1.15 bits per heavy atom. The summed E-state index contributed by atoms with van der Waals surface area (Å²) in [6.45, 7) is 0.455. The van der Waals surface area contributed by atoms with Crippen LogP contribution in [-0.4, -0.2) is 20.0 Å². The van der Waals surface area contributed by atoms with Crippen molar-refractivity contribution >= 4 is 17.9 Å². The van der Waals surface area contributed by atoms with Crippen molar-refractivity contribution in [1.82, 2.24) is 0 Å². The Labute approximate surface area is 123 Å². The molecule has 2 aromatic rings. The minimum atomic E-state index is 0.442. The molecule has 0 amide bonds. The second kappa shape index (κ2) is 6.96. The molecule has 0 bridgehead atoms. The fraction of sp³-hybridized carbons (Fsp3) is 0.188. The highest BCUT2D eigenvalue weighted by Crippen LogP contribution is 2.27. The number of carbonyl (C=O) groups is 1. The van der Waals surface area contributed by atoms with Gasteiger partial charge in [-0.3, -0.25) is 4.79 Å². The van der Waals surface area contributed by atoms with E-state index in [4.69, 9.17) is 21.1 Å². The zero-order chi connectivity index (χ0) is 14.4. The number of hydrogen-bond donors (Lipinski definition) is 0. The van der Waals surface area contributed by atoms with E-state index in [0.29, 0.717) is 22.9 Å². The molecular weight excluding hydrogens is 276 g/mol. The topological polar surface area (TPSA) is 35.5 Å². The molecular formula is C16H15ClO3. The highest BCUT2D eigenvalue weighted by Gasteiger charge is 2.07. The third kappa shape index (κ3) is 3.52. The fourth-order valence-corrected chi connectivity index (χ4v) is 2.07. The van der Waals surface area contributed by atoms with Crippen LogP contribution in [0.15, 0.2) is 42.5 Å². The zero-order valence-electron chi connectivity index (χ0n) is 11.1. The van der Waals surface area contributed by atoms with E-state index < -0.39 is 0 Å². The molecule has 0 aliphatic rings. The number of aldehydes is 1. The van der Waals surface area contributed by atoms with Crippen molar-refractivity contribution in [2.45, 2.75) is 6.42 Å². The van der Waals surface area contributed by atoms with E-state index in [1.54, 1.807) is 25.3 Å². The molecule has 2 aromatic carbocycles. The number of para-hydroxylation sites is 1. The van der Waals surface area contributed by atoms with Gasteiger partial charge in [0.15, 0.2) is 6.29 Å². The summed E-state index contributed by atoms with van der Waals surface area (Å²) in [6, 6.07) is 12.9. The number of benzene rings is 2. The molecule has 0 heterocycles. The van der Waals surface area contributed by atoms with Crippen LogP contribution in [0.25, 0.3) is 0 Å². The Morgan fingerprint density at radius 3 is 2.55 bits per heavy atom. The molecule has 2 rings (SSSR count). The standard InChI is InChI=1S/C16H15ClO3/c1-19-14-7-5-12(6-8-14)9-10-20-16-13(11-18)3-2-4-15(16)17/h2-8,11H,9-10H2,1H3. The van der Waals surface area contributed by atoms with Crippen LogP contribution in [0.4, 0.5) is 0 Å². The zero-order valence-corrected chi connectivity index (χ0v) is 11.9. The maximum Gasteiger partial charge on any atom is 0.153 e. The SMILES string of the molecule is COc1ccc(CCOc2c(Cl)cccc2C=O)cc1. The summed E-state index contributed by atoms with van der Waals surface area (Å²) in [5.41, 5.74) is 1.60. The van der Waals surface area contributed by atoms with Gasteiger partial charge in [-0.25, -0.2) is 0 Å². The van der Waals surface area contributed by atoms with Crippen LogP contribution in [-0.2, 0) is 6.42 Å². The lowest BCUT2D eigenvalue weighted by molar-refractivity contribution is 0.111. The van der Waals surface area contributed by atoms with Crippen molar-refractivity contribution in [3.8, 4) is 11.5 Å². The quantitative estimate of drug-likeness (QED) is 0.760. The lowest BCUT2D eigenvalue weighted by Gasteiger charge is -2.10. The van der Waals surface area contributed by atoms with Gasteiger partial charge >= 0.3 is 0 Å². The molecule has 3 nitrogen and oxygen atoms in total. The fourth-order valence-electron chi connectivity index (χ4n) is 1.83. The molecule has 0 unspecified atom stereocenters. The average molecular weight is 291 g/mol. The van der Waals surface area contributed by atoms with Gasteiger partial charge < -0.3 is 9.47 Å². The minimum Gasteiger partial charge on any atom is -0.497 e. The Kier molecular flexibility index (Phi) is 5.02. The first-order valence-electron chi connectivity index (χ1n) is 6.24. The molecule has 0 saturated heterocycles. The molecule has 0 spiro atoms. The van der Waals surface area contributed by atoms with Gasteiger partial charge in [0.1, 0.15) is 11.5 Å². The predicted octanol–water partition coefficient (Wildman–Crippen LogP) is 3.78. The second-order valence-corrected chi connectivity index (χ2v) is 4.63. The highest BCUT2D eigenvalue weighted by atomic mass is 35.5. The van der Waals surface area contributed by atoms with E-state index in [0.717, 1.165) is 24.0 Å². The van der Waals surface area contributed by atoms with Crippen molar-refractivity contribution in [2.75, 3.05) is 13.7 Å². The molecule has 0 aliphatic heterocycles. The lowest BCUT2D eigenvalue weighted by atomic mass is 10.1. The first kappa shape index (κ1) is 14.4. The normalized spacial score (nSPS) is 10.1. The largest absolute Gasteiger partial charge is 0.497 e. The predicted molar refractivity (Wildman–Crippen MR) is 79.0 cm³/mol. The molecule has 0 N–H and O–H groups in total. The third-order valence-corrected chi connectivity index (χ3v) is 3.22. The number of halogens is 1. The van der Waals surface area contributed by atoms with Gasteiger partial charge in [-0.15, -0.1) is 0 Å². The van der Waals surface area contributed by atoms with E-state index in [9.17, 15) is 4.79 Å². The van der Waals surface area contributed by atoms with Gasteiger partial charge in [0.2, 0.25) is 0 Å². The third-order valence-electron chi connectivity index (χ3n) is 2.92. The van der Waals surface area contributed by atoms with Crippen LogP contribution < -0.4 is 9.47 Å². The molecule has 104 valence electrons. The molecule has 4 heteroatoms. The molecule has 20 heavy (non-hydrogen) atoms. The van der Waals surface area contributed by atoms with Crippen LogP contribution in [0.3, 0.4) is 0 Å². The number of hydrogen-bond acceptors (Lipinski definition) is 3. The van der Waals surface area contributed by atoms with Gasteiger partial charge in [-0.1, -0.05) is 29.8 Å². The lowest BCUT2D eigenvalue weighted by Crippen LogP contribution is -2.03. The Bertz CT molecular complexity index is 579. The highest BCUT2D eigenvalue weighted by molar-refractivity contribution is 6.32. The summed E-state index contributed by atoms with van der Waals surface area (Å²) in [5.74, 6) is 1.27. The molecule has 0 aromatic heterocycles. The van der Waals surface area contributed by atoms with Crippen LogP contribution in [0.1, 0.15) is 15.9 Å². The van der Waals surface area contributed by atoms with Crippen LogP contribution in [0.5, 0.6) is 11.5 Å². The van der Waals surface area contributed by atoms with Gasteiger partial charge in [0, 0.05) is 6.42 Å². The van der Waals surface area contributed by atoms with Crippen molar-refractivity contribution in [1.29, 1.82) is 0 Å². The first-order chi connectivity index (χ1) is 9.74. The van der Waals surface area contributed by atoms with E-state index in [1.807, 2.05) is 24.3 Å². The molecule has 0 saturated carbocycles. The summed E-state index contributed by atoms with van der Waals surface area (Å²) in [7, 11) is 1.64. The molecule has 0 aliphatic carbocycles. The maximum absolute atomic E-state index is 10.9. The summed E-state index contributed by atoms with van der Waals surface area (Å²) in [6.07, 6.45) is 1.47. The van der Waals surface area contributed by atoms with E-state index in [2.05, 4.69) is 0 Å². The van der Waals surface area contributed by atoms with Crippen LogP contribution >= 0.6 is 11.6 Å². The Hall–Kier alpha value is -2.00.